The number of hydrazine groups is 2. The molecule has 0 aromatic carbocycles. The van der Waals surface area contributed by atoms with Gasteiger partial charge in [0.25, 0.3) is 0 Å². The SMILES string of the molecule is CC(C)(C)C(=O)NNC(=O)CCCCCCCCC(=O)NNC(=O)C(C)(C)C. The fraction of sp³-hybridized carbons (Fsp3) is 0.800. The predicted molar refractivity (Wildman–Crippen MR) is 108 cm³/mol. The Hall–Kier alpha value is -2.12. The standard InChI is InChI=1S/C20H38N4O4/c1-19(2,3)17(27)23-21-15(25)13-11-9-7-8-10-12-14-16(26)22-24-18(28)20(4,5)6/h7-14H2,1-6H3,(H,21,25)(H,22,26)(H,23,27)(H,24,28). The van der Waals surface area contributed by atoms with E-state index in [1.165, 1.54) is 0 Å². The quantitative estimate of drug-likeness (QED) is 0.353. The second kappa shape index (κ2) is 12.4. The third-order valence-corrected chi connectivity index (χ3v) is 4.05. The number of hydrogen-bond acceptors (Lipinski definition) is 4. The van der Waals surface area contributed by atoms with Crippen LogP contribution >= 0.6 is 0 Å². The lowest BCUT2D eigenvalue weighted by Gasteiger charge is -2.17. The van der Waals surface area contributed by atoms with Gasteiger partial charge >= 0.3 is 0 Å². The molecule has 0 heterocycles. The van der Waals surface area contributed by atoms with E-state index in [1.54, 1.807) is 41.5 Å². The minimum absolute atomic E-state index is 0.188. The van der Waals surface area contributed by atoms with E-state index < -0.39 is 10.8 Å². The fourth-order valence-corrected chi connectivity index (χ4v) is 2.03. The van der Waals surface area contributed by atoms with Gasteiger partial charge in [0.15, 0.2) is 0 Å². The molecule has 0 rings (SSSR count). The highest BCUT2D eigenvalue weighted by atomic mass is 16.2. The molecule has 0 unspecified atom stereocenters. The molecule has 0 aromatic heterocycles. The molecule has 0 radical (unpaired) electrons. The number of nitrogens with one attached hydrogen (secondary N) is 4. The Morgan fingerprint density at radius 3 is 1.07 bits per heavy atom. The van der Waals surface area contributed by atoms with Gasteiger partial charge in [-0.3, -0.25) is 40.9 Å². The second-order valence-electron chi connectivity index (χ2n) is 9.13. The molecule has 0 aliphatic carbocycles. The van der Waals surface area contributed by atoms with Crippen molar-refractivity contribution in [3.63, 3.8) is 0 Å². The molecule has 0 atom stereocenters. The first-order valence-electron chi connectivity index (χ1n) is 10.0. The van der Waals surface area contributed by atoms with Crippen molar-refractivity contribution in [1.82, 2.24) is 21.7 Å². The van der Waals surface area contributed by atoms with Crippen LogP contribution in [0.1, 0.15) is 92.9 Å². The van der Waals surface area contributed by atoms with E-state index in [0.29, 0.717) is 12.8 Å². The van der Waals surface area contributed by atoms with Crippen molar-refractivity contribution in [3.8, 4) is 0 Å². The summed E-state index contributed by atoms with van der Waals surface area (Å²) >= 11 is 0. The Labute approximate surface area is 168 Å². The monoisotopic (exact) mass is 398 g/mol. The number of carbonyl (C=O) groups is 4. The molecule has 162 valence electrons. The van der Waals surface area contributed by atoms with Gasteiger partial charge in [0.05, 0.1) is 0 Å². The Balaban J connectivity index is 3.60. The number of rotatable bonds is 9. The van der Waals surface area contributed by atoms with E-state index in [0.717, 1.165) is 38.5 Å². The van der Waals surface area contributed by atoms with Crippen LogP contribution in [0.4, 0.5) is 0 Å². The van der Waals surface area contributed by atoms with Crippen molar-refractivity contribution in [2.45, 2.75) is 92.9 Å². The summed E-state index contributed by atoms with van der Waals surface area (Å²) in [4.78, 5) is 46.6. The molecule has 0 bridgehead atoms. The molecule has 28 heavy (non-hydrogen) atoms. The maximum atomic E-state index is 11.7. The van der Waals surface area contributed by atoms with Gasteiger partial charge in [0.2, 0.25) is 23.6 Å². The highest BCUT2D eigenvalue weighted by Gasteiger charge is 2.22. The molecule has 0 aliphatic rings. The van der Waals surface area contributed by atoms with Crippen molar-refractivity contribution >= 4 is 23.6 Å². The molecule has 0 saturated heterocycles. The van der Waals surface area contributed by atoms with Crippen molar-refractivity contribution in [3.05, 3.63) is 0 Å². The van der Waals surface area contributed by atoms with Crippen LogP contribution in [0.15, 0.2) is 0 Å². The van der Waals surface area contributed by atoms with Crippen LogP contribution in [-0.4, -0.2) is 23.6 Å². The molecule has 4 amide bonds. The third kappa shape index (κ3) is 13.1. The van der Waals surface area contributed by atoms with Gasteiger partial charge < -0.3 is 0 Å². The van der Waals surface area contributed by atoms with Gasteiger partial charge in [-0.25, -0.2) is 0 Å². The van der Waals surface area contributed by atoms with Crippen molar-refractivity contribution in [2.24, 2.45) is 10.8 Å². The summed E-state index contributed by atoms with van der Waals surface area (Å²) in [5.41, 5.74) is 8.63. The van der Waals surface area contributed by atoms with Crippen LogP contribution in [0.2, 0.25) is 0 Å². The van der Waals surface area contributed by atoms with Crippen LogP contribution in [0, 0.1) is 10.8 Å². The molecule has 8 nitrogen and oxygen atoms in total. The Bertz CT molecular complexity index is 485. The summed E-state index contributed by atoms with van der Waals surface area (Å²) in [7, 11) is 0. The second-order valence-corrected chi connectivity index (χ2v) is 9.13. The first-order chi connectivity index (χ1) is 12.8. The first kappa shape index (κ1) is 25.9. The number of amides is 4. The molecule has 4 N–H and O–H groups in total. The van der Waals surface area contributed by atoms with E-state index in [1.807, 2.05) is 0 Å². The molecule has 8 heteroatoms. The normalized spacial score (nSPS) is 11.5. The van der Waals surface area contributed by atoms with E-state index >= 15 is 0 Å². The minimum Gasteiger partial charge on any atom is -0.273 e. The topological polar surface area (TPSA) is 116 Å². The van der Waals surface area contributed by atoms with Crippen LogP contribution < -0.4 is 21.7 Å². The molecular formula is C20H38N4O4. The molecule has 0 fully saturated rings. The van der Waals surface area contributed by atoms with Crippen LogP contribution in [-0.2, 0) is 19.2 Å². The van der Waals surface area contributed by atoms with Crippen LogP contribution in [0.3, 0.4) is 0 Å². The van der Waals surface area contributed by atoms with Crippen LogP contribution in [0.25, 0.3) is 0 Å². The lowest BCUT2D eigenvalue weighted by molar-refractivity contribution is -0.133. The van der Waals surface area contributed by atoms with Gasteiger partial charge in [-0.15, -0.1) is 0 Å². The summed E-state index contributed by atoms with van der Waals surface area (Å²) in [5, 5.41) is 0. The average molecular weight is 399 g/mol. The maximum Gasteiger partial charge on any atom is 0.243 e. The highest BCUT2D eigenvalue weighted by molar-refractivity contribution is 5.85. The largest absolute Gasteiger partial charge is 0.273 e. The molecular weight excluding hydrogens is 360 g/mol. The van der Waals surface area contributed by atoms with Crippen molar-refractivity contribution < 1.29 is 19.2 Å². The number of hydrogen-bond donors (Lipinski definition) is 4. The summed E-state index contributed by atoms with van der Waals surface area (Å²) < 4.78 is 0. The summed E-state index contributed by atoms with van der Waals surface area (Å²) in [6, 6.07) is 0. The van der Waals surface area contributed by atoms with E-state index in [4.69, 9.17) is 0 Å². The predicted octanol–water partition coefficient (Wildman–Crippen LogP) is 2.49. The van der Waals surface area contributed by atoms with Gasteiger partial charge in [-0.05, 0) is 12.8 Å². The lowest BCUT2D eigenvalue weighted by Crippen LogP contribution is -2.46. The molecule has 0 aromatic rings. The molecule has 0 saturated carbocycles. The number of unbranched alkanes of at least 4 members (excludes halogenated alkanes) is 5. The van der Waals surface area contributed by atoms with Gasteiger partial charge in [0.1, 0.15) is 0 Å². The van der Waals surface area contributed by atoms with Crippen LogP contribution in [0.5, 0.6) is 0 Å². The van der Waals surface area contributed by atoms with E-state index in [9.17, 15) is 19.2 Å². The van der Waals surface area contributed by atoms with E-state index in [-0.39, 0.29) is 23.6 Å². The minimum atomic E-state index is -0.539. The Morgan fingerprint density at radius 1 is 0.500 bits per heavy atom. The van der Waals surface area contributed by atoms with E-state index in [2.05, 4.69) is 21.7 Å². The lowest BCUT2D eigenvalue weighted by atomic mass is 9.96. The third-order valence-electron chi connectivity index (χ3n) is 4.05. The highest BCUT2D eigenvalue weighted by Crippen LogP contribution is 2.12. The zero-order valence-corrected chi connectivity index (χ0v) is 18.3. The maximum absolute atomic E-state index is 11.7. The first-order valence-corrected chi connectivity index (χ1v) is 10.0. The molecule has 0 aliphatic heterocycles. The summed E-state index contributed by atoms with van der Waals surface area (Å²) in [6.45, 7) is 10.7. The zero-order chi connectivity index (χ0) is 21.8. The summed E-state index contributed by atoms with van der Waals surface area (Å²) in [5.74, 6) is -0.816. The summed E-state index contributed by atoms with van der Waals surface area (Å²) in [6.07, 6.45) is 6.10. The zero-order valence-electron chi connectivity index (χ0n) is 18.3. The van der Waals surface area contributed by atoms with Gasteiger partial charge in [-0.2, -0.15) is 0 Å². The van der Waals surface area contributed by atoms with Crippen molar-refractivity contribution in [2.75, 3.05) is 0 Å². The number of carbonyl (C=O) groups excluding carboxylic acids is 4. The van der Waals surface area contributed by atoms with Crippen molar-refractivity contribution in [1.29, 1.82) is 0 Å². The van der Waals surface area contributed by atoms with Gasteiger partial charge in [-0.1, -0.05) is 67.2 Å². The Kier molecular flexibility index (Phi) is 11.4. The fourth-order valence-electron chi connectivity index (χ4n) is 2.03. The smallest absolute Gasteiger partial charge is 0.243 e. The Morgan fingerprint density at radius 2 is 0.786 bits per heavy atom. The molecule has 0 spiro atoms. The average Bonchev–Trinajstić information content (AvgIpc) is 2.57. The van der Waals surface area contributed by atoms with Gasteiger partial charge in [0, 0.05) is 23.7 Å².